The number of carbonyl (C=O) groups is 2. The van der Waals surface area contributed by atoms with Crippen LogP contribution in [-0.2, 0) is 19.6 Å². The maximum absolute atomic E-state index is 13.3. The highest BCUT2D eigenvalue weighted by Gasteiger charge is 2.30. The molecular weight excluding hydrogens is 472 g/mol. The lowest BCUT2D eigenvalue weighted by molar-refractivity contribution is -0.150. The van der Waals surface area contributed by atoms with Gasteiger partial charge in [0, 0.05) is 29.5 Å². The minimum atomic E-state index is -4.06. The lowest BCUT2D eigenvalue weighted by Gasteiger charge is -2.08. The van der Waals surface area contributed by atoms with E-state index in [9.17, 15) is 28.2 Å². The maximum atomic E-state index is 13.3. The Morgan fingerprint density at radius 2 is 1.73 bits per heavy atom. The van der Waals surface area contributed by atoms with Gasteiger partial charge in [0.15, 0.2) is 11.6 Å². The summed E-state index contributed by atoms with van der Waals surface area (Å²) in [4.78, 5) is 35.1. The zero-order valence-electron chi connectivity index (χ0n) is 16.9. The van der Waals surface area contributed by atoms with E-state index in [1.807, 2.05) is 6.92 Å². The van der Waals surface area contributed by atoms with Crippen molar-refractivity contribution in [1.82, 2.24) is 18.9 Å². The molecule has 12 heteroatoms. The van der Waals surface area contributed by atoms with Crippen molar-refractivity contribution >= 4 is 44.6 Å². The van der Waals surface area contributed by atoms with Gasteiger partial charge in [0.05, 0.1) is 27.5 Å². The van der Waals surface area contributed by atoms with Gasteiger partial charge in [-0.2, -0.15) is 0 Å². The summed E-state index contributed by atoms with van der Waals surface area (Å²) in [6.07, 6.45) is 4.86. The smallest absolute Gasteiger partial charge is 0.324 e. The van der Waals surface area contributed by atoms with Crippen molar-refractivity contribution in [3.63, 3.8) is 0 Å². The summed E-state index contributed by atoms with van der Waals surface area (Å²) in [6, 6.07) is 7.75. The number of aryl methyl sites for hydroxylation is 1. The first-order valence-corrected chi connectivity index (χ1v) is 11.2. The molecule has 168 valence electrons. The number of pyridine rings is 1. The van der Waals surface area contributed by atoms with Crippen molar-refractivity contribution in [3.05, 3.63) is 71.4 Å². The van der Waals surface area contributed by atoms with Crippen LogP contribution in [0.2, 0.25) is 5.02 Å². The van der Waals surface area contributed by atoms with Crippen LogP contribution in [0.5, 0.6) is 0 Å². The van der Waals surface area contributed by atoms with Crippen molar-refractivity contribution in [1.29, 1.82) is 0 Å². The third kappa shape index (κ3) is 4.03. The van der Waals surface area contributed by atoms with Gasteiger partial charge in [0.2, 0.25) is 0 Å². The summed E-state index contributed by atoms with van der Waals surface area (Å²) in [7, 11) is -4.06. The van der Waals surface area contributed by atoms with E-state index in [0.29, 0.717) is 5.39 Å². The number of aromatic nitrogens is 4. The lowest BCUT2D eigenvalue weighted by Crippen LogP contribution is -2.22. The van der Waals surface area contributed by atoms with Crippen LogP contribution in [0.1, 0.15) is 17.2 Å². The van der Waals surface area contributed by atoms with Crippen molar-refractivity contribution in [3.8, 4) is 11.3 Å². The number of hydrogen-bond acceptors (Lipinski definition) is 7. The molecular formula is C21H15ClN4O6S. The molecule has 0 radical (unpaired) electrons. The Kier molecular flexibility index (Phi) is 5.60. The highest BCUT2D eigenvalue weighted by molar-refractivity contribution is 7.90. The highest BCUT2D eigenvalue weighted by Crippen LogP contribution is 2.33. The molecule has 1 aromatic carbocycles. The Balaban J connectivity index is 1.95. The molecule has 10 nitrogen and oxygen atoms in total. The number of aliphatic carboxylic acids is 2. The normalized spacial score (nSPS) is 11.7. The number of benzene rings is 1. The number of hydrogen-bond donors (Lipinski definition) is 2. The monoisotopic (exact) mass is 486 g/mol. The molecule has 0 aliphatic rings. The van der Waals surface area contributed by atoms with Gasteiger partial charge < -0.3 is 10.2 Å². The van der Waals surface area contributed by atoms with Crippen LogP contribution in [-0.4, -0.2) is 49.5 Å². The van der Waals surface area contributed by atoms with Crippen LogP contribution >= 0.6 is 11.6 Å². The summed E-state index contributed by atoms with van der Waals surface area (Å²) in [6.45, 7) is 1.83. The van der Waals surface area contributed by atoms with E-state index in [1.54, 1.807) is 12.1 Å². The first-order chi connectivity index (χ1) is 15.6. The minimum Gasteiger partial charge on any atom is -0.480 e. The Morgan fingerprint density at radius 3 is 2.36 bits per heavy atom. The van der Waals surface area contributed by atoms with E-state index in [4.69, 9.17) is 11.6 Å². The molecule has 0 spiro atoms. The van der Waals surface area contributed by atoms with E-state index in [0.717, 1.165) is 15.7 Å². The first kappa shape index (κ1) is 22.4. The van der Waals surface area contributed by atoms with Crippen LogP contribution in [0.25, 0.3) is 22.3 Å². The van der Waals surface area contributed by atoms with Gasteiger partial charge in [0.25, 0.3) is 10.0 Å². The SMILES string of the molecule is Cc1ccc(S(=O)(=O)n2cc(-c3cncc(C(C(=O)O)C(=O)O)n3)c3cc(Cl)cnc32)cc1. The molecule has 3 aromatic heterocycles. The molecule has 0 saturated heterocycles. The second-order valence-electron chi connectivity index (χ2n) is 7.12. The van der Waals surface area contributed by atoms with Crippen LogP contribution < -0.4 is 0 Å². The number of carboxylic acids is 2. The maximum Gasteiger partial charge on any atom is 0.324 e. The van der Waals surface area contributed by atoms with Crippen LogP contribution in [0, 0.1) is 6.92 Å². The predicted molar refractivity (Wildman–Crippen MR) is 118 cm³/mol. The molecule has 33 heavy (non-hydrogen) atoms. The Labute approximate surface area is 192 Å². The van der Waals surface area contributed by atoms with Crippen LogP contribution in [0.3, 0.4) is 0 Å². The highest BCUT2D eigenvalue weighted by atomic mass is 35.5. The third-order valence-corrected chi connectivity index (χ3v) is 6.75. The summed E-state index contributed by atoms with van der Waals surface area (Å²) >= 11 is 6.09. The number of nitrogens with zero attached hydrogens (tertiary/aromatic N) is 4. The van der Waals surface area contributed by atoms with Gasteiger partial charge in [-0.3, -0.25) is 14.6 Å². The van der Waals surface area contributed by atoms with E-state index in [-0.39, 0.29) is 32.5 Å². The first-order valence-electron chi connectivity index (χ1n) is 9.36. The lowest BCUT2D eigenvalue weighted by atomic mass is 10.1. The molecule has 0 aliphatic carbocycles. The third-order valence-electron chi connectivity index (χ3n) is 4.88. The van der Waals surface area contributed by atoms with Crippen molar-refractivity contribution in [2.45, 2.75) is 17.7 Å². The number of halogens is 1. The Bertz CT molecular complexity index is 1500. The number of fused-ring (bicyclic) bond motifs is 1. The molecule has 0 unspecified atom stereocenters. The topological polar surface area (TPSA) is 152 Å². The fourth-order valence-corrected chi connectivity index (χ4v) is 4.76. The summed E-state index contributed by atoms with van der Waals surface area (Å²) < 4.78 is 27.7. The van der Waals surface area contributed by atoms with Crippen LogP contribution in [0.4, 0.5) is 0 Å². The molecule has 3 heterocycles. The fraction of sp³-hybridized carbons (Fsp3) is 0.0952. The second kappa shape index (κ2) is 8.26. The molecule has 0 saturated carbocycles. The van der Waals surface area contributed by atoms with Gasteiger partial charge in [-0.05, 0) is 25.1 Å². The van der Waals surface area contributed by atoms with Crippen molar-refractivity contribution < 1.29 is 28.2 Å². The Hall–Kier alpha value is -3.83. The molecule has 2 N–H and O–H groups in total. The molecule has 0 atom stereocenters. The average molecular weight is 487 g/mol. The second-order valence-corrected chi connectivity index (χ2v) is 9.37. The van der Waals surface area contributed by atoms with Gasteiger partial charge in [-0.25, -0.2) is 22.4 Å². The molecule has 0 bridgehead atoms. The van der Waals surface area contributed by atoms with Crippen LogP contribution in [0.15, 0.2) is 60.0 Å². The average Bonchev–Trinajstić information content (AvgIpc) is 3.13. The van der Waals surface area contributed by atoms with Gasteiger partial charge in [-0.15, -0.1) is 0 Å². The Morgan fingerprint density at radius 1 is 1.06 bits per heavy atom. The molecule has 4 rings (SSSR count). The van der Waals surface area contributed by atoms with E-state index < -0.39 is 27.9 Å². The largest absolute Gasteiger partial charge is 0.480 e. The summed E-state index contributed by atoms with van der Waals surface area (Å²) in [5.74, 6) is -5.16. The van der Waals surface area contributed by atoms with Gasteiger partial charge in [-0.1, -0.05) is 29.3 Å². The van der Waals surface area contributed by atoms with E-state index in [1.165, 1.54) is 36.8 Å². The molecule has 0 fully saturated rings. The van der Waals surface area contributed by atoms with Crippen molar-refractivity contribution in [2.24, 2.45) is 0 Å². The zero-order chi connectivity index (χ0) is 23.9. The van der Waals surface area contributed by atoms with E-state index >= 15 is 0 Å². The summed E-state index contributed by atoms with van der Waals surface area (Å²) in [5.41, 5.74) is 0.932. The zero-order valence-corrected chi connectivity index (χ0v) is 18.4. The fourth-order valence-electron chi connectivity index (χ4n) is 3.27. The molecule has 0 amide bonds. The van der Waals surface area contributed by atoms with Gasteiger partial charge in [0.1, 0.15) is 0 Å². The van der Waals surface area contributed by atoms with Crippen molar-refractivity contribution in [2.75, 3.05) is 0 Å². The minimum absolute atomic E-state index is 0.0324. The number of carboxylic acid groups (broad SMARTS) is 2. The summed E-state index contributed by atoms with van der Waals surface area (Å²) in [5, 5.41) is 19.1. The standard InChI is InChI=1S/C21H15ClN4O6S/c1-11-2-4-13(5-3-11)33(31,32)26-10-15(14-6-12(22)7-24-19(14)26)16-8-23-9-17(25-16)18(20(27)28)21(29)30/h2-10,18H,1H3,(H,27,28)(H,29,30). The molecule has 4 aromatic rings. The quantitative estimate of drug-likeness (QED) is 0.391. The number of rotatable bonds is 6. The predicted octanol–water partition coefficient (Wildman–Crippen LogP) is 2.94. The van der Waals surface area contributed by atoms with E-state index in [2.05, 4.69) is 15.0 Å². The van der Waals surface area contributed by atoms with Gasteiger partial charge >= 0.3 is 11.9 Å². The molecule has 0 aliphatic heterocycles.